The lowest BCUT2D eigenvalue weighted by Crippen LogP contribution is -3.16. The van der Waals surface area contributed by atoms with Gasteiger partial charge in [-0.2, -0.15) is 0 Å². The largest absolute Gasteiger partial charge is 0.495 e. The van der Waals surface area contributed by atoms with E-state index in [9.17, 15) is 5.11 Å². The van der Waals surface area contributed by atoms with Crippen molar-refractivity contribution in [3.8, 4) is 5.75 Å². The first-order valence-corrected chi connectivity index (χ1v) is 10.3. The van der Waals surface area contributed by atoms with E-state index in [1.807, 2.05) is 30.3 Å². The molecule has 152 valence electrons. The normalized spacial score (nSPS) is 17.3. The Kier molecular flexibility index (Phi) is 7.71. The molecule has 0 radical (unpaired) electrons. The molecule has 0 aliphatic carbocycles. The van der Waals surface area contributed by atoms with Gasteiger partial charge in [0.15, 0.2) is 0 Å². The SMILES string of the molecule is CC[C@@H](OC[C@@H](O)C[NH+]1CCN(c2ccccc2OC)CC1)c1ccccc1. The van der Waals surface area contributed by atoms with Crippen LogP contribution in [0.4, 0.5) is 5.69 Å². The molecular formula is C23H33N2O3+. The average Bonchev–Trinajstić information content (AvgIpc) is 2.75. The molecular weight excluding hydrogens is 352 g/mol. The van der Waals surface area contributed by atoms with Gasteiger partial charge in [0.05, 0.1) is 51.7 Å². The van der Waals surface area contributed by atoms with Crippen LogP contribution in [0.3, 0.4) is 0 Å². The fourth-order valence-corrected chi connectivity index (χ4v) is 3.90. The molecule has 0 spiro atoms. The van der Waals surface area contributed by atoms with Crippen LogP contribution >= 0.6 is 0 Å². The molecule has 0 unspecified atom stereocenters. The smallest absolute Gasteiger partial charge is 0.142 e. The van der Waals surface area contributed by atoms with Gasteiger partial charge in [0.1, 0.15) is 18.4 Å². The van der Waals surface area contributed by atoms with Crippen molar-refractivity contribution in [2.24, 2.45) is 0 Å². The van der Waals surface area contributed by atoms with Gasteiger partial charge in [0.2, 0.25) is 0 Å². The minimum atomic E-state index is -0.439. The molecule has 2 atom stereocenters. The van der Waals surface area contributed by atoms with E-state index in [0.29, 0.717) is 6.61 Å². The number of aliphatic hydroxyl groups excluding tert-OH is 1. The van der Waals surface area contributed by atoms with Crippen LogP contribution in [0.5, 0.6) is 5.75 Å². The summed E-state index contributed by atoms with van der Waals surface area (Å²) in [5, 5.41) is 10.5. The minimum Gasteiger partial charge on any atom is -0.495 e. The topological polar surface area (TPSA) is 46.4 Å². The summed E-state index contributed by atoms with van der Waals surface area (Å²) in [5.74, 6) is 0.922. The second kappa shape index (κ2) is 10.5. The van der Waals surface area contributed by atoms with E-state index < -0.39 is 6.10 Å². The van der Waals surface area contributed by atoms with Crippen molar-refractivity contribution in [1.29, 1.82) is 0 Å². The van der Waals surface area contributed by atoms with E-state index in [2.05, 4.69) is 36.1 Å². The molecule has 0 saturated carbocycles. The Morgan fingerprint density at radius 2 is 1.71 bits per heavy atom. The molecule has 5 nitrogen and oxygen atoms in total. The van der Waals surface area contributed by atoms with Crippen molar-refractivity contribution in [1.82, 2.24) is 0 Å². The first kappa shape index (κ1) is 20.6. The third-order valence-corrected chi connectivity index (χ3v) is 5.45. The number of piperazine rings is 1. The summed E-state index contributed by atoms with van der Waals surface area (Å²) in [6.07, 6.45) is 0.514. The number of anilines is 1. The Labute approximate surface area is 168 Å². The molecule has 2 N–H and O–H groups in total. The summed E-state index contributed by atoms with van der Waals surface area (Å²) in [5.41, 5.74) is 2.33. The van der Waals surface area contributed by atoms with Crippen LogP contribution in [0.1, 0.15) is 25.0 Å². The Balaban J connectivity index is 1.44. The fourth-order valence-electron chi connectivity index (χ4n) is 3.90. The van der Waals surface area contributed by atoms with Crippen molar-refractivity contribution >= 4 is 5.69 Å². The molecule has 2 aromatic rings. The lowest BCUT2D eigenvalue weighted by molar-refractivity contribution is -0.903. The number of rotatable bonds is 9. The van der Waals surface area contributed by atoms with Gasteiger partial charge in [-0.3, -0.25) is 0 Å². The zero-order valence-corrected chi connectivity index (χ0v) is 17.0. The van der Waals surface area contributed by atoms with E-state index in [0.717, 1.165) is 50.6 Å². The van der Waals surface area contributed by atoms with E-state index >= 15 is 0 Å². The monoisotopic (exact) mass is 385 g/mol. The highest BCUT2D eigenvalue weighted by Crippen LogP contribution is 2.27. The third-order valence-electron chi connectivity index (χ3n) is 5.45. The number of quaternary nitrogens is 1. The quantitative estimate of drug-likeness (QED) is 0.693. The van der Waals surface area contributed by atoms with Crippen LogP contribution in [0.2, 0.25) is 0 Å². The summed E-state index contributed by atoms with van der Waals surface area (Å²) in [6.45, 7) is 7.16. The predicted molar refractivity (Wildman–Crippen MR) is 112 cm³/mol. The van der Waals surface area contributed by atoms with Crippen LogP contribution in [-0.2, 0) is 4.74 Å². The molecule has 1 heterocycles. The van der Waals surface area contributed by atoms with E-state index in [1.54, 1.807) is 7.11 Å². The van der Waals surface area contributed by atoms with Crippen molar-refractivity contribution in [3.05, 3.63) is 60.2 Å². The minimum absolute atomic E-state index is 0.0493. The van der Waals surface area contributed by atoms with Crippen LogP contribution < -0.4 is 14.5 Å². The van der Waals surface area contributed by atoms with Crippen LogP contribution in [0, 0.1) is 0 Å². The number of ether oxygens (including phenoxy) is 2. The van der Waals surface area contributed by atoms with Crippen molar-refractivity contribution in [2.45, 2.75) is 25.6 Å². The Hall–Kier alpha value is -2.08. The second-order valence-electron chi connectivity index (χ2n) is 7.41. The van der Waals surface area contributed by atoms with Gasteiger partial charge >= 0.3 is 0 Å². The van der Waals surface area contributed by atoms with Gasteiger partial charge in [-0.05, 0) is 24.1 Å². The summed E-state index contributed by atoms with van der Waals surface area (Å²) < 4.78 is 11.5. The molecule has 3 rings (SSSR count). The number of para-hydroxylation sites is 2. The molecule has 1 fully saturated rings. The molecule has 1 aliphatic heterocycles. The first-order valence-electron chi connectivity index (χ1n) is 10.3. The fraction of sp³-hybridized carbons (Fsp3) is 0.478. The summed E-state index contributed by atoms with van der Waals surface area (Å²) >= 11 is 0. The molecule has 2 aromatic carbocycles. The zero-order chi connectivity index (χ0) is 19.8. The van der Waals surface area contributed by atoms with Gasteiger partial charge in [-0.15, -0.1) is 0 Å². The van der Waals surface area contributed by atoms with Gasteiger partial charge in [0, 0.05) is 0 Å². The van der Waals surface area contributed by atoms with Crippen molar-refractivity contribution in [3.63, 3.8) is 0 Å². The summed E-state index contributed by atoms with van der Waals surface area (Å²) in [7, 11) is 1.72. The van der Waals surface area contributed by atoms with E-state index in [1.165, 1.54) is 10.5 Å². The Morgan fingerprint density at radius 1 is 1.04 bits per heavy atom. The Bertz CT molecular complexity index is 702. The molecule has 0 aromatic heterocycles. The predicted octanol–water partition coefficient (Wildman–Crippen LogP) is 1.93. The number of nitrogens with one attached hydrogen (secondary N) is 1. The van der Waals surface area contributed by atoms with Crippen molar-refractivity contribution in [2.75, 3.05) is 51.3 Å². The van der Waals surface area contributed by atoms with Gasteiger partial charge in [-0.25, -0.2) is 0 Å². The van der Waals surface area contributed by atoms with Crippen molar-refractivity contribution < 1.29 is 19.5 Å². The number of aliphatic hydroxyl groups is 1. The number of hydrogen-bond acceptors (Lipinski definition) is 4. The molecule has 0 bridgehead atoms. The highest BCUT2D eigenvalue weighted by molar-refractivity contribution is 5.58. The van der Waals surface area contributed by atoms with Gasteiger partial charge in [0.25, 0.3) is 0 Å². The molecule has 5 heteroatoms. The van der Waals surface area contributed by atoms with Crippen LogP contribution in [0.25, 0.3) is 0 Å². The lowest BCUT2D eigenvalue weighted by Gasteiger charge is -2.35. The number of methoxy groups -OCH3 is 1. The van der Waals surface area contributed by atoms with Crippen LogP contribution in [0.15, 0.2) is 54.6 Å². The van der Waals surface area contributed by atoms with E-state index in [-0.39, 0.29) is 6.10 Å². The number of benzene rings is 2. The molecule has 1 saturated heterocycles. The average molecular weight is 386 g/mol. The molecule has 1 aliphatic rings. The first-order chi connectivity index (χ1) is 13.7. The highest BCUT2D eigenvalue weighted by Gasteiger charge is 2.24. The Morgan fingerprint density at radius 3 is 2.39 bits per heavy atom. The van der Waals surface area contributed by atoms with E-state index in [4.69, 9.17) is 9.47 Å². The summed E-state index contributed by atoms with van der Waals surface area (Å²) in [4.78, 5) is 3.79. The molecule has 28 heavy (non-hydrogen) atoms. The maximum Gasteiger partial charge on any atom is 0.142 e. The third kappa shape index (κ3) is 5.47. The van der Waals surface area contributed by atoms with Gasteiger partial charge in [-0.1, -0.05) is 49.4 Å². The second-order valence-corrected chi connectivity index (χ2v) is 7.41. The maximum atomic E-state index is 10.5. The zero-order valence-electron chi connectivity index (χ0n) is 17.0. The number of hydrogen-bond donors (Lipinski definition) is 2. The lowest BCUT2D eigenvalue weighted by atomic mass is 10.1. The standard InChI is InChI=1S/C23H32N2O3/c1-3-22(19-9-5-4-6-10-19)28-18-20(26)17-24-13-15-25(16-14-24)21-11-7-8-12-23(21)27-2/h4-12,20,22,26H,3,13-18H2,1-2H3/p+1/t20-,22+/m0/s1. The highest BCUT2D eigenvalue weighted by atomic mass is 16.5. The van der Waals surface area contributed by atoms with Gasteiger partial charge < -0.3 is 24.4 Å². The number of nitrogens with zero attached hydrogens (tertiary/aromatic N) is 1. The molecule has 0 amide bonds. The van der Waals surface area contributed by atoms with Crippen LogP contribution in [-0.4, -0.2) is 57.7 Å². The summed E-state index contributed by atoms with van der Waals surface area (Å²) in [6, 6.07) is 18.4. The maximum absolute atomic E-state index is 10.5.